The smallest absolute Gasteiger partial charge is 0.335 e. The Hall–Kier alpha value is -3.73. The molecule has 9 rings (SSSR count). The molecule has 4 heterocycles. The highest BCUT2D eigenvalue weighted by molar-refractivity contribution is 5.87. The fourth-order valence-corrected chi connectivity index (χ4v) is 17.2. The lowest BCUT2D eigenvalue weighted by Gasteiger charge is -2.72. The molecule has 504 valence electrons. The Bertz CT molecular complexity index is 2670. The van der Waals surface area contributed by atoms with Crippen LogP contribution in [0.5, 0.6) is 0 Å². The number of aldehydes is 1. The molecule has 12 N–H and O–H groups in total. The number of ether oxygens (including phenoxy) is 11. The third-order valence-corrected chi connectivity index (χ3v) is 22.5. The number of aliphatic hydroxyl groups excluding tert-OH is 11. The fraction of sp³-hybridized carbons (Fsp3) is 0.852. The first-order valence-electron chi connectivity index (χ1n) is 30.7. The molecule has 28 nitrogen and oxygen atoms in total. The first-order valence-corrected chi connectivity index (χ1v) is 30.7. The maximum Gasteiger partial charge on any atom is 0.335 e. The summed E-state index contributed by atoms with van der Waals surface area (Å²) in [4.78, 5) is 67.1. The third-order valence-electron chi connectivity index (χ3n) is 22.5. The van der Waals surface area contributed by atoms with E-state index in [-0.39, 0.29) is 25.4 Å². The van der Waals surface area contributed by atoms with Crippen LogP contribution in [0, 0.1) is 50.2 Å². The molecule has 0 unspecified atom stereocenters. The van der Waals surface area contributed by atoms with E-state index in [1.54, 1.807) is 26.8 Å². The Balaban J connectivity index is 1.07. The van der Waals surface area contributed by atoms with Gasteiger partial charge in [-0.25, -0.2) is 9.59 Å². The van der Waals surface area contributed by atoms with Crippen LogP contribution in [0.15, 0.2) is 23.3 Å². The van der Waals surface area contributed by atoms with Gasteiger partial charge in [0.25, 0.3) is 0 Å². The van der Waals surface area contributed by atoms with Crippen molar-refractivity contribution < 1.29 is 137 Å². The highest BCUT2D eigenvalue weighted by Crippen LogP contribution is 2.76. The molecule has 0 aromatic rings. The van der Waals surface area contributed by atoms with E-state index in [4.69, 9.17) is 52.1 Å². The second-order valence-corrected chi connectivity index (χ2v) is 27.9. The van der Waals surface area contributed by atoms with Gasteiger partial charge in [0.1, 0.15) is 111 Å². The van der Waals surface area contributed by atoms with Gasteiger partial charge in [0.2, 0.25) is 0 Å². The van der Waals surface area contributed by atoms with Crippen molar-refractivity contribution >= 4 is 30.2 Å². The van der Waals surface area contributed by atoms with Gasteiger partial charge in [-0.1, -0.05) is 59.3 Å². The van der Waals surface area contributed by atoms with E-state index < -0.39 is 223 Å². The molecule has 0 radical (unpaired) electrons. The maximum atomic E-state index is 14.3. The van der Waals surface area contributed by atoms with Crippen LogP contribution in [0.4, 0.5) is 0 Å². The van der Waals surface area contributed by atoms with E-state index in [1.807, 2.05) is 13.8 Å². The lowest BCUT2D eigenvalue weighted by Crippen LogP contribution is -2.72. The van der Waals surface area contributed by atoms with Crippen molar-refractivity contribution in [2.45, 2.75) is 249 Å². The predicted octanol–water partition coefficient (Wildman–Crippen LogP) is -1.44. The molecule has 5 aliphatic carbocycles. The monoisotopic (exact) mass is 1270 g/mol. The summed E-state index contributed by atoms with van der Waals surface area (Å²) in [5.74, 6) is -4.97. The molecule has 4 aliphatic heterocycles. The number of esters is 3. The van der Waals surface area contributed by atoms with Crippen molar-refractivity contribution in [3.05, 3.63) is 23.3 Å². The van der Waals surface area contributed by atoms with Crippen molar-refractivity contribution in [1.82, 2.24) is 0 Å². The van der Waals surface area contributed by atoms with Crippen LogP contribution in [0.3, 0.4) is 0 Å². The summed E-state index contributed by atoms with van der Waals surface area (Å²) in [6.45, 7) is 15.3. The van der Waals surface area contributed by atoms with Gasteiger partial charge in [0.15, 0.2) is 31.3 Å². The van der Waals surface area contributed by atoms with Crippen LogP contribution in [-0.4, -0.2) is 253 Å². The molecular weight excluding hydrogens is 1180 g/mol. The summed E-state index contributed by atoms with van der Waals surface area (Å²) in [6.07, 6.45) is -32.9. The average molecular weight is 1270 g/mol. The number of carbonyl (C=O) groups excluding carboxylic acids is 4. The number of aliphatic hydroxyl groups is 11. The topological polar surface area (TPSA) is 430 Å². The minimum atomic E-state index is -2.29. The number of hydrogen-bond acceptors (Lipinski definition) is 27. The van der Waals surface area contributed by atoms with Crippen LogP contribution in [0.2, 0.25) is 0 Å². The molecule has 4 saturated carbocycles. The zero-order valence-electron chi connectivity index (χ0n) is 51.8. The molecular formula is C61H92O28. The van der Waals surface area contributed by atoms with Crippen LogP contribution < -0.4 is 0 Å². The maximum absolute atomic E-state index is 14.3. The largest absolute Gasteiger partial charge is 0.479 e. The Labute approximate surface area is 515 Å². The zero-order chi connectivity index (χ0) is 65.6. The van der Waals surface area contributed by atoms with Gasteiger partial charge in [-0.3, -0.25) is 9.59 Å². The van der Waals surface area contributed by atoms with Gasteiger partial charge in [-0.2, -0.15) is 0 Å². The van der Waals surface area contributed by atoms with Crippen LogP contribution in [0.1, 0.15) is 114 Å². The van der Waals surface area contributed by atoms with E-state index in [1.165, 1.54) is 13.8 Å². The molecule has 30 atom stereocenters. The van der Waals surface area contributed by atoms with Crippen molar-refractivity contribution in [2.24, 2.45) is 50.2 Å². The second kappa shape index (κ2) is 25.9. The van der Waals surface area contributed by atoms with Crippen LogP contribution in [0.25, 0.3) is 0 Å². The fourth-order valence-electron chi connectivity index (χ4n) is 17.2. The lowest BCUT2D eigenvalue weighted by atomic mass is 9.33. The Morgan fingerprint density at radius 3 is 1.90 bits per heavy atom. The molecule has 0 bridgehead atoms. The van der Waals surface area contributed by atoms with Gasteiger partial charge in [0, 0.05) is 24.8 Å². The van der Waals surface area contributed by atoms with E-state index in [9.17, 15) is 85.3 Å². The average Bonchev–Trinajstić information content (AvgIpc) is 0.693. The summed E-state index contributed by atoms with van der Waals surface area (Å²) in [5.41, 5.74) is -4.65. The van der Waals surface area contributed by atoms with Gasteiger partial charge < -0.3 is 118 Å². The Morgan fingerprint density at radius 1 is 0.652 bits per heavy atom. The van der Waals surface area contributed by atoms with Gasteiger partial charge in [-0.15, -0.1) is 0 Å². The van der Waals surface area contributed by atoms with Crippen molar-refractivity contribution in [3.63, 3.8) is 0 Å². The first kappa shape index (κ1) is 69.6. The van der Waals surface area contributed by atoms with E-state index in [0.29, 0.717) is 37.7 Å². The highest BCUT2D eigenvalue weighted by atomic mass is 16.8. The van der Waals surface area contributed by atoms with Crippen LogP contribution in [-0.2, 0) is 76.1 Å². The summed E-state index contributed by atoms with van der Waals surface area (Å²) >= 11 is 0. The minimum absolute atomic E-state index is 0.0912. The quantitative estimate of drug-likeness (QED) is 0.0210. The molecule has 9 aliphatic rings. The molecule has 0 amide bonds. The third kappa shape index (κ3) is 11.9. The molecule has 4 saturated heterocycles. The number of aliphatic carboxylic acids is 1. The number of allylic oxidation sites excluding steroid dienone is 3. The molecule has 89 heavy (non-hydrogen) atoms. The number of carbonyl (C=O) groups is 5. The molecule has 0 spiro atoms. The lowest BCUT2D eigenvalue weighted by molar-refractivity contribution is -0.398. The predicted molar refractivity (Wildman–Crippen MR) is 298 cm³/mol. The minimum Gasteiger partial charge on any atom is -0.479 e. The highest BCUT2D eigenvalue weighted by Gasteiger charge is 2.75. The number of fused-ring (bicyclic) bond motifs is 7. The van der Waals surface area contributed by atoms with Crippen molar-refractivity contribution in [3.8, 4) is 0 Å². The van der Waals surface area contributed by atoms with Crippen LogP contribution >= 0.6 is 0 Å². The van der Waals surface area contributed by atoms with E-state index in [2.05, 4.69) is 26.8 Å². The summed E-state index contributed by atoms with van der Waals surface area (Å²) < 4.78 is 66.6. The SMILES string of the molecule is C/C=C(\C)C(=O)O[C@H]1[C@H](O)[C@]2(COC(C)=O)[C@H](OC(C)=O)C[C@]3(C)C(=CC[C@@H]4[C@@]5(C)CC[C@H](O[C@H]6O[C@H](C(=O)O)[C@@H](O)[C@H](O[C@@H]7OC[C@H](O)[C@H](O)[C@H]7O[C@@H]7OC[C@@H](O)[C@H](O)[C@H]7O)[C@H]6O[C@@H]6O[C@H](CO)[C@H](O)[C@H](O)[C@H]6O)[C@@](C)(C=O)[C@@H]5CC[C@]43C)[C@@H]2CC1(C)C. The number of carboxylic acid groups (broad SMARTS) is 1. The van der Waals surface area contributed by atoms with Gasteiger partial charge in [-0.05, 0) is 92.8 Å². The van der Waals surface area contributed by atoms with Crippen molar-refractivity contribution in [1.29, 1.82) is 0 Å². The molecule has 0 aromatic heterocycles. The first-order chi connectivity index (χ1) is 41.6. The summed E-state index contributed by atoms with van der Waals surface area (Å²) in [7, 11) is 0. The van der Waals surface area contributed by atoms with Crippen molar-refractivity contribution in [2.75, 3.05) is 26.4 Å². The molecule has 8 fully saturated rings. The Kier molecular flexibility index (Phi) is 20.2. The number of carboxylic acids is 1. The molecule has 28 heteroatoms. The number of rotatable bonds is 16. The standard InChI is InChI=1S/C61H92O28/c1-11-25(2)51(78)89-49-48(75)61(24-81-26(3)64)29(18-56(49,5)6)28-12-13-34-57(7)16-15-35(58(8,23-63)33(57)14-17-59(34,9)60(28,10)19-36(61)82-27(4)65)84-55-47(88-53-42(73)40(71)39(70)32(20-62)83-53)44(43(74)45(86-55)50(76)77)85-54-46(38(69)31(67)22-80-54)87-52-41(72)37(68)30(66)21-79-52/h11-12,23,29-49,52-55,62,66-75H,13-22,24H2,1-10H3,(H,76,77)/b25-11+/t29-,30+,31-,32+,33+,34+,35-,36+,37-,38-,39-,40-,41+,42+,43-,44-,45-,46+,47+,48-,49-,52-,53-,54-,55-,57-,58-,59+,60+,61-/m0/s1. The Morgan fingerprint density at radius 2 is 1.28 bits per heavy atom. The zero-order valence-corrected chi connectivity index (χ0v) is 51.8. The van der Waals surface area contributed by atoms with Gasteiger partial charge in [0.05, 0.1) is 36.8 Å². The molecule has 0 aromatic carbocycles. The normalized spacial score (nSPS) is 49.7. The second-order valence-electron chi connectivity index (χ2n) is 27.9. The number of hydrogen-bond donors (Lipinski definition) is 12. The van der Waals surface area contributed by atoms with E-state index in [0.717, 1.165) is 11.9 Å². The van der Waals surface area contributed by atoms with Gasteiger partial charge >= 0.3 is 23.9 Å². The van der Waals surface area contributed by atoms with E-state index >= 15 is 0 Å². The summed E-state index contributed by atoms with van der Waals surface area (Å²) in [6, 6.07) is 0. The summed E-state index contributed by atoms with van der Waals surface area (Å²) in [5, 5.41) is 132.